The van der Waals surface area contributed by atoms with Gasteiger partial charge in [0.15, 0.2) is 0 Å². The molecule has 3 heterocycles. The van der Waals surface area contributed by atoms with Crippen molar-refractivity contribution in [3.8, 4) is 21.5 Å². The van der Waals surface area contributed by atoms with Gasteiger partial charge in [-0.2, -0.15) is 0 Å². The smallest absolute Gasteiger partial charge is 0.347 e. The number of aryl methyl sites for hydroxylation is 2. The molecule has 29 heavy (non-hydrogen) atoms. The first kappa shape index (κ1) is 17.5. The molecular weight excluding hydrogens is 388 g/mol. The van der Waals surface area contributed by atoms with E-state index in [0.717, 1.165) is 11.1 Å². The summed E-state index contributed by atoms with van der Waals surface area (Å²) in [4.78, 5) is 34.9. The third-order valence-corrected chi connectivity index (χ3v) is 5.66. The van der Waals surface area contributed by atoms with Gasteiger partial charge in [-0.3, -0.25) is 0 Å². The van der Waals surface area contributed by atoms with Gasteiger partial charge in [-0.05, 0) is 50.2 Å². The van der Waals surface area contributed by atoms with E-state index in [0.29, 0.717) is 31.6 Å². The van der Waals surface area contributed by atoms with Gasteiger partial charge >= 0.3 is 11.3 Å². The number of thiophene rings is 1. The van der Waals surface area contributed by atoms with Crippen LogP contribution in [0.1, 0.15) is 11.1 Å². The second-order valence-electron chi connectivity index (χ2n) is 6.82. The Balaban J connectivity index is 1.61. The Morgan fingerprint density at radius 1 is 0.690 bits per heavy atom. The summed E-state index contributed by atoms with van der Waals surface area (Å²) in [5, 5.41) is 0.894. The van der Waals surface area contributed by atoms with Crippen LogP contribution in [0.25, 0.3) is 43.3 Å². The van der Waals surface area contributed by atoms with E-state index in [4.69, 9.17) is 8.83 Å². The van der Waals surface area contributed by atoms with Crippen LogP contribution in [0, 0.1) is 13.8 Å². The van der Waals surface area contributed by atoms with Crippen LogP contribution in [0.5, 0.6) is 0 Å². The highest BCUT2D eigenvalue weighted by molar-refractivity contribution is 7.18. The monoisotopic (exact) mass is 402 g/mol. The summed E-state index contributed by atoms with van der Waals surface area (Å²) >= 11 is 1.29. The highest BCUT2D eigenvalue weighted by Crippen LogP contribution is 2.33. The molecule has 0 atom stereocenters. The predicted molar refractivity (Wildman–Crippen MR) is 112 cm³/mol. The molecule has 0 spiro atoms. The lowest BCUT2D eigenvalue weighted by atomic mass is 10.2. The number of fused-ring (bicyclic) bond motifs is 2. The minimum Gasteiger partial charge on any atom is -0.402 e. The van der Waals surface area contributed by atoms with E-state index in [-0.39, 0.29) is 11.8 Å². The van der Waals surface area contributed by atoms with Crippen molar-refractivity contribution >= 4 is 33.1 Å². The zero-order valence-corrected chi connectivity index (χ0v) is 16.4. The molecule has 0 N–H and O–H groups in total. The SMILES string of the molecule is Cc1ccc2nc(-c3ccc(-c4nc5ccc(C)cc5c(=O)o4)s3)oc(=O)c2c1. The quantitative estimate of drug-likeness (QED) is 0.425. The summed E-state index contributed by atoms with van der Waals surface area (Å²) in [6, 6.07) is 14.4. The van der Waals surface area contributed by atoms with Crippen molar-refractivity contribution < 1.29 is 8.83 Å². The lowest BCUT2D eigenvalue weighted by molar-refractivity contribution is 0.519. The normalized spacial score (nSPS) is 11.4. The molecule has 6 nitrogen and oxygen atoms in total. The Bertz CT molecular complexity index is 1410. The van der Waals surface area contributed by atoms with Gasteiger partial charge in [0, 0.05) is 0 Å². The van der Waals surface area contributed by atoms with Crippen molar-refractivity contribution in [3.63, 3.8) is 0 Å². The Morgan fingerprint density at radius 3 is 1.59 bits per heavy atom. The molecule has 0 saturated carbocycles. The molecule has 0 saturated heterocycles. The van der Waals surface area contributed by atoms with E-state index >= 15 is 0 Å². The van der Waals surface area contributed by atoms with Gasteiger partial charge in [0.25, 0.3) is 0 Å². The fourth-order valence-electron chi connectivity index (χ4n) is 3.15. The van der Waals surface area contributed by atoms with Crippen molar-refractivity contribution in [2.24, 2.45) is 0 Å². The molecule has 3 aromatic heterocycles. The third kappa shape index (κ3) is 3.05. The second-order valence-corrected chi connectivity index (χ2v) is 7.90. The molecule has 7 heteroatoms. The lowest BCUT2D eigenvalue weighted by Gasteiger charge is -2.01. The molecule has 0 fully saturated rings. The first-order valence-corrected chi connectivity index (χ1v) is 9.73. The summed E-state index contributed by atoms with van der Waals surface area (Å²) in [5.41, 5.74) is 2.20. The molecule has 5 aromatic rings. The maximum absolute atomic E-state index is 12.3. The van der Waals surface area contributed by atoms with Crippen LogP contribution in [0.3, 0.4) is 0 Å². The summed E-state index contributed by atoms with van der Waals surface area (Å²) < 4.78 is 10.8. The van der Waals surface area contributed by atoms with Gasteiger partial charge in [0.1, 0.15) is 0 Å². The maximum atomic E-state index is 12.3. The number of hydrogen-bond acceptors (Lipinski definition) is 7. The van der Waals surface area contributed by atoms with Gasteiger partial charge in [0.2, 0.25) is 11.8 Å². The van der Waals surface area contributed by atoms with Crippen molar-refractivity contribution in [2.75, 3.05) is 0 Å². The minimum atomic E-state index is -0.436. The molecule has 5 rings (SSSR count). The largest absolute Gasteiger partial charge is 0.402 e. The summed E-state index contributed by atoms with van der Waals surface area (Å²) in [7, 11) is 0. The number of nitrogens with zero attached hydrogens (tertiary/aromatic N) is 2. The van der Waals surface area contributed by atoms with Gasteiger partial charge < -0.3 is 8.83 Å². The average Bonchev–Trinajstić information content (AvgIpc) is 3.19. The Labute approximate surface area is 168 Å². The highest BCUT2D eigenvalue weighted by Gasteiger charge is 2.15. The van der Waals surface area contributed by atoms with Crippen molar-refractivity contribution in [1.82, 2.24) is 9.97 Å². The molecular formula is C22H14N2O4S. The second kappa shape index (κ2) is 6.49. The molecule has 2 aromatic carbocycles. The highest BCUT2D eigenvalue weighted by atomic mass is 32.1. The zero-order chi connectivity index (χ0) is 20.1. The van der Waals surface area contributed by atoms with E-state index in [2.05, 4.69) is 9.97 Å². The summed E-state index contributed by atoms with van der Waals surface area (Å²) in [6.45, 7) is 3.81. The minimum absolute atomic E-state index is 0.223. The molecule has 0 bridgehead atoms. The van der Waals surface area contributed by atoms with Crippen LogP contribution in [-0.2, 0) is 0 Å². The van der Waals surface area contributed by atoms with Gasteiger partial charge in [-0.15, -0.1) is 11.3 Å². The van der Waals surface area contributed by atoms with Crippen LogP contribution in [-0.4, -0.2) is 9.97 Å². The van der Waals surface area contributed by atoms with E-state index in [1.807, 2.05) is 26.0 Å². The topological polar surface area (TPSA) is 86.2 Å². The number of hydrogen-bond donors (Lipinski definition) is 0. The first-order chi connectivity index (χ1) is 14.0. The molecule has 0 amide bonds. The average molecular weight is 402 g/mol. The van der Waals surface area contributed by atoms with E-state index < -0.39 is 11.3 Å². The van der Waals surface area contributed by atoms with Crippen molar-refractivity contribution in [3.05, 3.63) is 80.5 Å². The van der Waals surface area contributed by atoms with Crippen molar-refractivity contribution in [1.29, 1.82) is 0 Å². The van der Waals surface area contributed by atoms with E-state index in [1.54, 1.807) is 36.4 Å². The summed E-state index contributed by atoms with van der Waals surface area (Å²) in [5.74, 6) is 0.447. The van der Waals surface area contributed by atoms with Crippen LogP contribution in [0.4, 0.5) is 0 Å². The molecule has 0 unspecified atom stereocenters. The standard InChI is InChI=1S/C22H14N2O4S/c1-11-3-5-15-13(9-11)21(25)27-19(23-15)17-7-8-18(29-17)20-24-16-6-4-12(2)10-14(16)22(26)28-20/h3-10H,1-2H3. The van der Waals surface area contributed by atoms with Crippen LogP contribution >= 0.6 is 11.3 Å². The lowest BCUT2D eigenvalue weighted by Crippen LogP contribution is -2.03. The first-order valence-electron chi connectivity index (χ1n) is 8.91. The Morgan fingerprint density at radius 2 is 1.14 bits per heavy atom. The molecule has 0 radical (unpaired) electrons. The van der Waals surface area contributed by atoms with Gasteiger partial charge in [-0.1, -0.05) is 23.3 Å². The van der Waals surface area contributed by atoms with Gasteiger partial charge in [0.05, 0.1) is 31.6 Å². The maximum Gasteiger partial charge on any atom is 0.347 e. The number of benzene rings is 2. The zero-order valence-electron chi connectivity index (χ0n) is 15.6. The fourth-order valence-corrected chi connectivity index (χ4v) is 4.01. The Kier molecular flexibility index (Phi) is 3.92. The third-order valence-electron chi connectivity index (χ3n) is 4.59. The molecule has 142 valence electrons. The van der Waals surface area contributed by atoms with Crippen LogP contribution in [0.15, 0.2) is 67.0 Å². The molecule has 0 aliphatic carbocycles. The van der Waals surface area contributed by atoms with Crippen LogP contribution < -0.4 is 11.3 Å². The fraction of sp³-hybridized carbons (Fsp3) is 0.0909. The van der Waals surface area contributed by atoms with E-state index in [1.165, 1.54) is 11.3 Å². The van der Waals surface area contributed by atoms with Crippen molar-refractivity contribution in [2.45, 2.75) is 13.8 Å². The Hall–Kier alpha value is -3.58. The summed E-state index contributed by atoms with van der Waals surface area (Å²) in [6.07, 6.45) is 0. The molecule has 0 aliphatic heterocycles. The molecule has 0 aliphatic rings. The van der Waals surface area contributed by atoms with E-state index in [9.17, 15) is 9.59 Å². The predicted octanol–water partition coefficient (Wildman–Crippen LogP) is 4.70. The number of aromatic nitrogens is 2. The van der Waals surface area contributed by atoms with Gasteiger partial charge in [-0.25, -0.2) is 19.6 Å². The van der Waals surface area contributed by atoms with Crippen LogP contribution in [0.2, 0.25) is 0 Å². The number of rotatable bonds is 2.